The molecule has 0 unspecified atom stereocenters. The van der Waals surface area contributed by atoms with Crippen LogP contribution < -0.4 is 0 Å². The Morgan fingerprint density at radius 2 is 1.92 bits per heavy atom. The van der Waals surface area contributed by atoms with Crippen molar-refractivity contribution in [3.05, 3.63) is 82.1 Å². The van der Waals surface area contributed by atoms with Crippen molar-refractivity contribution >= 4 is 29.1 Å². The van der Waals surface area contributed by atoms with Crippen LogP contribution in [0, 0.1) is 0 Å². The van der Waals surface area contributed by atoms with Crippen LogP contribution in [0.3, 0.4) is 0 Å². The van der Waals surface area contributed by atoms with E-state index in [1.54, 1.807) is 47.1 Å². The molecule has 1 amide bonds. The van der Waals surface area contributed by atoms with Crippen LogP contribution in [-0.2, 0) is 6.54 Å². The number of rotatable bonds is 4. The van der Waals surface area contributed by atoms with Gasteiger partial charge in [0.1, 0.15) is 0 Å². The molecule has 3 aromatic rings. The molecule has 0 atom stereocenters. The van der Waals surface area contributed by atoms with E-state index < -0.39 is 0 Å². The Morgan fingerprint density at radius 1 is 1.17 bits per heavy atom. The molecule has 0 aliphatic heterocycles. The van der Waals surface area contributed by atoms with Gasteiger partial charge in [-0.3, -0.25) is 4.79 Å². The minimum atomic E-state index is -0.0759. The topological polar surface area (TPSA) is 38.1 Å². The van der Waals surface area contributed by atoms with Crippen molar-refractivity contribution in [3.8, 4) is 5.69 Å². The van der Waals surface area contributed by atoms with E-state index in [4.69, 9.17) is 23.2 Å². The Balaban J connectivity index is 1.73. The van der Waals surface area contributed by atoms with Crippen LogP contribution in [0.4, 0.5) is 0 Å². The average Bonchev–Trinajstić information content (AvgIpc) is 3.11. The van der Waals surface area contributed by atoms with Gasteiger partial charge in [-0.2, -0.15) is 5.10 Å². The SMILES string of the molecule is CN(Cc1ccc(Cl)cc1Cl)C(=O)c1ccc(-n2cccn2)cc1. The molecule has 0 fully saturated rings. The van der Waals surface area contributed by atoms with Crippen LogP contribution in [0.15, 0.2) is 60.9 Å². The molecule has 0 saturated heterocycles. The summed E-state index contributed by atoms with van der Waals surface area (Å²) in [6, 6.07) is 14.4. The lowest BCUT2D eigenvalue weighted by Gasteiger charge is -2.18. The third-order valence-electron chi connectivity index (χ3n) is 3.65. The standard InChI is InChI=1S/C18H15Cl2N3O/c1-22(12-14-3-6-15(19)11-17(14)20)18(24)13-4-7-16(8-5-13)23-10-2-9-21-23/h2-11H,12H2,1H3. The fourth-order valence-corrected chi connectivity index (χ4v) is 2.84. The number of hydrogen-bond donors (Lipinski definition) is 0. The summed E-state index contributed by atoms with van der Waals surface area (Å²) in [6.45, 7) is 0.412. The number of halogens is 2. The van der Waals surface area contributed by atoms with E-state index in [9.17, 15) is 4.79 Å². The molecule has 2 aromatic carbocycles. The van der Waals surface area contributed by atoms with E-state index in [0.717, 1.165) is 11.3 Å². The highest BCUT2D eigenvalue weighted by atomic mass is 35.5. The van der Waals surface area contributed by atoms with Crippen molar-refractivity contribution in [2.75, 3.05) is 7.05 Å². The van der Waals surface area contributed by atoms with Crippen LogP contribution >= 0.6 is 23.2 Å². The molecule has 0 N–H and O–H groups in total. The number of carbonyl (C=O) groups is 1. The van der Waals surface area contributed by atoms with Crippen molar-refractivity contribution in [2.24, 2.45) is 0 Å². The maximum Gasteiger partial charge on any atom is 0.253 e. The van der Waals surface area contributed by atoms with E-state index in [1.807, 2.05) is 30.5 Å². The van der Waals surface area contributed by atoms with Gasteiger partial charge in [-0.25, -0.2) is 4.68 Å². The number of amides is 1. The average molecular weight is 360 g/mol. The summed E-state index contributed by atoms with van der Waals surface area (Å²) in [4.78, 5) is 14.2. The molecule has 3 rings (SSSR count). The molecule has 0 bridgehead atoms. The first kappa shape index (κ1) is 16.6. The zero-order valence-corrected chi connectivity index (χ0v) is 14.5. The number of hydrogen-bond acceptors (Lipinski definition) is 2. The molecule has 0 saturated carbocycles. The van der Waals surface area contributed by atoms with Gasteiger partial charge in [-0.15, -0.1) is 0 Å². The van der Waals surface area contributed by atoms with Gasteiger partial charge in [0.05, 0.1) is 5.69 Å². The molecule has 122 valence electrons. The van der Waals surface area contributed by atoms with Crippen LogP contribution in [-0.4, -0.2) is 27.6 Å². The minimum absolute atomic E-state index is 0.0759. The van der Waals surface area contributed by atoms with Gasteiger partial charge in [0.25, 0.3) is 5.91 Å². The first-order valence-corrected chi connectivity index (χ1v) is 8.09. The van der Waals surface area contributed by atoms with Gasteiger partial charge in [0, 0.05) is 41.6 Å². The lowest BCUT2D eigenvalue weighted by atomic mass is 10.1. The molecule has 6 heteroatoms. The van der Waals surface area contributed by atoms with E-state index in [0.29, 0.717) is 22.2 Å². The molecule has 0 aliphatic carbocycles. The first-order valence-electron chi connectivity index (χ1n) is 7.34. The zero-order valence-electron chi connectivity index (χ0n) is 13.0. The van der Waals surface area contributed by atoms with Crippen LogP contribution in [0.2, 0.25) is 10.0 Å². The largest absolute Gasteiger partial charge is 0.337 e. The van der Waals surface area contributed by atoms with Gasteiger partial charge >= 0.3 is 0 Å². The van der Waals surface area contributed by atoms with Gasteiger partial charge in [-0.1, -0.05) is 29.3 Å². The van der Waals surface area contributed by atoms with Crippen LogP contribution in [0.25, 0.3) is 5.69 Å². The van der Waals surface area contributed by atoms with Crippen molar-refractivity contribution in [3.63, 3.8) is 0 Å². The Labute approximate surface area is 150 Å². The van der Waals surface area contributed by atoms with Gasteiger partial charge < -0.3 is 4.90 Å². The van der Waals surface area contributed by atoms with Gasteiger partial charge in [0.15, 0.2) is 0 Å². The Kier molecular flexibility index (Phi) is 4.88. The first-order chi connectivity index (χ1) is 11.5. The number of aromatic nitrogens is 2. The Bertz CT molecular complexity index is 845. The zero-order chi connectivity index (χ0) is 17.1. The molecule has 0 aliphatic rings. The van der Waals surface area contributed by atoms with Crippen LogP contribution in [0.5, 0.6) is 0 Å². The van der Waals surface area contributed by atoms with E-state index >= 15 is 0 Å². The summed E-state index contributed by atoms with van der Waals surface area (Å²) >= 11 is 12.1. The molecular weight excluding hydrogens is 345 g/mol. The summed E-state index contributed by atoms with van der Waals surface area (Å²) in [5, 5.41) is 5.29. The Morgan fingerprint density at radius 3 is 2.54 bits per heavy atom. The summed E-state index contributed by atoms with van der Waals surface area (Å²) < 4.78 is 1.74. The van der Waals surface area contributed by atoms with E-state index in [-0.39, 0.29) is 5.91 Å². The number of benzene rings is 2. The second-order valence-corrected chi connectivity index (χ2v) is 6.24. The molecule has 4 nitrogen and oxygen atoms in total. The molecule has 1 heterocycles. The molecule has 0 radical (unpaired) electrons. The van der Waals surface area contributed by atoms with Crippen LogP contribution in [0.1, 0.15) is 15.9 Å². The minimum Gasteiger partial charge on any atom is -0.337 e. The second-order valence-electron chi connectivity index (χ2n) is 5.39. The third-order valence-corrected chi connectivity index (χ3v) is 4.24. The van der Waals surface area contributed by atoms with E-state index in [1.165, 1.54) is 0 Å². The summed E-state index contributed by atoms with van der Waals surface area (Å²) in [5.41, 5.74) is 2.36. The Hall–Kier alpha value is -2.30. The number of carbonyl (C=O) groups excluding carboxylic acids is 1. The van der Waals surface area contributed by atoms with Crippen molar-refractivity contribution in [2.45, 2.75) is 6.54 Å². The lowest BCUT2D eigenvalue weighted by Crippen LogP contribution is -2.26. The summed E-state index contributed by atoms with van der Waals surface area (Å²) in [5.74, 6) is -0.0759. The predicted octanol–water partition coefficient (Wildman–Crippen LogP) is 4.45. The highest BCUT2D eigenvalue weighted by Crippen LogP contribution is 2.22. The lowest BCUT2D eigenvalue weighted by molar-refractivity contribution is 0.0785. The quantitative estimate of drug-likeness (QED) is 0.689. The number of nitrogens with zero attached hydrogens (tertiary/aromatic N) is 3. The van der Waals surface area contributed by atoms with Gasteiger partial charge in [-0.05, 0) is 48.0 Å². The molecular formula is C18H15Cl2N3O. The highest BCUT2D eigenvalue weighted by Gasteiger charge is 2.14. The second kappa shape index (κ2) is 7.07. The summed E-state index contributed by atoms with van der Waals surface area (Å²) in [7, 11) is 1.74. The maximum absolute atomic E-state index is 12.6. The molecule has 1 aromatic heterocycles. The third kappa shape index (κ3) is 3.61. The fourth-order valence-electron chi connectivity index (χ4n) is 2.38. The normalized spacial score (nSPS) is 10.6. The molecule has 0 spiro atoms. The summed E-state index contributed by atoms with van der Waals surface area (Å²) in [6.07, 6.45) is 3.56. The molecule has 24 heavy (non-hydrogen) atoms. The predicted molar refractivity (Wildman–Crippen MR) is 95.8 cm³/mol. The van der Waals surface area contributed by atoms with E-state index in [2.05, 4.69) is 5.10 Å². The maximum atomic E-state index is 12.6. The highest BCUT2D eigenvalue weighted by molar-refractivity contribution is 6.35. The fraction of sp³-hybridized carbons (Fsp3) is 0.111. The van der Waals surface area contributed by atoms with Crippen molar-refractivity contribution in [1.82, 2.24) is 14.7 Å². The van der Waals surface area contributed by atoms with Gasteiger partial charge in [0.2, 0.25) is 0 Å². The smallest absolute Gasteiger partial charge is 0.253 e. The van der Waals surface area contributed by atoms with Crippen molar-refractivity contribution < 1.29 is 4.79 Å². The van der Waals surface area contributed by atoms with Crippen molar-refractivity contribution in [1.29, 1.82) is 0 Å². The monoisotopic (exact) mass is 359 g/mol.